The molecule has 1 aliphatic carbocycles. The van der Waals surface area contributed by atoms with Crippen molar-refractivity contribution >= 4 is 11.8 Å². The number of aromatic nitrogens is 1. The molecule has 96 valence electrons. The molecule has 18 heavy (non-hydrogen) atoms. The molecule has 2 atom stereocenters. The highest BCUT2D eigenvalue weighted by molar-refractivity contribution is 5.94. The van der Waals surface area contributed by atoms with Crippen LogP contribution in [0.15, 0.2) is 18.3 Å². The summed E-state index contributed by atoms with van der Waals surface area (Å²) in [7, 11) is 0. The van der Waals surface area contributed by atoms with Gasteiger partial charge in [-0.15, -0.1) is 0 Å². The number of nitrogens with zero attached hydrogens (tertiary/aromatic N) is 1. The van der Waals surface area contributed by atoms with Crippen molar-refractivity contribution in [3.05, 3.63) is 29.8 Å². The number of nitrogens with one attached hydrogen (secondary N) is 1. The molecule has 1 fully saturated rings. The maximum atomic E-state index is 12.9. The van der Waals surface area contributed by atoms with E-state index in [0.717, 1.165) is 12.5 Å². The molecule has 0 radical (unpaired) electrons. The summed E-state index contributed by atoms with van der Waals surface area (Å²) in [4.78, 5) is 26.4. The van der Waals surface area contributed by atoms with Crippen molar-refractivity contribution in [3.8, 4) is 0 Å². The average molecular weight is 251 g/mol. The van der Waals surface area contributed by atoms with E-state index in [-0.39, 0.29) is 17.5 Å². The Bertz CT molecular complexity index is 478. The van der Waals surface area contributed by atoms with Gasteiger partial charge in [-0.05, 0) is 18.9 Å². The molecule has 6 heteroatoms. The summed E-state index contributed by atoms with van der Waals surface area (Å²) in [6, 6.07) is 2.22. The molecule has 1 heterocycles. The van der Waals surface area contributed by atoms with Crippen molar-refractivity contribution in [1.82, 2.24) is 10.3 Å². The van der Waals surface area contributed by atoms with Gasteiger partial charge in [0.05, 0.1) is 5.92 Å². The number of amides is 2. The van der Waals surface area contributed by atoms with Crippen LogP contribution in [0.4, 0.5) is 4.39 Å². The van der Waals surface area contributed by atoms with Crippen molar-refractivity contribution in [1.29, 1.82) is 0 Å². The molecule has 3 N–H and O–H groups in total. The van der Waals surface area contributed by atoms with E-state index in [4.69, 9.17) is 5.73 Å². The van der Waals surface area contributed by atoms with E-state index in [1.54, 1.807) is 0 Å². The summed E-state index contributed by atoms with van der Waals surface area (Å²) >= 11 is 0. The van der Waals surface area contributed by atoms with Crippen LogP contribution >= 0.6 is 0 Å². The highest BCUT2D eigenvalue weighted by Crippen LogP contribution is 2.25. The first-order valence-electron chi connectivity index (χ1n) is 5.79. The molecule has 1 aliphatic rings. The van der Waals surface area contributed by atoms with Gasteiger partial charge in [0.1, 0.15) is 0 Å². The lowest BCUT2D eigenvalue weighted by molar-refractivity contribution is -0.122. The highest BCUT2D eigenvalue weighted by Gasteiger charge is 2.32. The van der Waals surface area contributed by atoms with Crippen LogP contribution in [0.2, 0.25) is 0 Å². The molecular weight excluding hydrogens is 237 g/mol. The van der Waals surface area contributed by atoms with E-state index in [1.807, 2.05) is 0 Å². The summed E-state index contributed by atoms with van der Waals surface area (Å²) in [5, 5.41) is 2.72. The largest absolute Gasteiger partial charge is 0.369 e. The number of pyridine rings is 1. The molecule has 5 nitrogen and oxygen atoms in total. The lowest BCUT2D eigenvalue weighted by atomic mass is 10.0. The van der Waals surface area contributed by atoms with E-state index in [1.165, 1.54) is 12.3 Å². The summed E-state index contributed by atoms with van der Waals surface area (Å²) < 4.78 is 12.9. The van der Waals surface area contributed by atoms with Gasteiger partial charge in [-0.2, -0.15) is 4.39 Å². The fraction of sp³-hybridized carbons (Fsp3) is 0.417. The van der Waals surface area contributed by atoms with Gasteiger partial charge in [0, 0.05) is 23.9 Å². The van der Waals surface area contributed by atoms with Gasteiger partial charge in [-0.25, -0.2) is 4.98 Å². The second-order valence-electron chi connectivity index (χ2n) is 4.39. The molecule has 2 unspecified atom stereocenters. The Morgan fingerprint density at radius 1 is 1.44 bits per heavy atom. The fourth-order valence-electron chi connectivity index (χ4n) is 2.27. The molecule has 1 aromatic rings. The van der Waals surface area contributed by atoms with E-state index in [0.29, 0.717) is 12.8 Å². The third kappa shape index (κ3) is 2.64. The smallest absolute Gasteiger partial charge is 0.251 e. The molecule has 0 bridgehead atoms. The van der Waals surface area contributed by atoms with Crippen molar-refractivity contribution in [3.63, 3.8) is 0 Å². The third-order valence-electron chi connectivity index (χ3n) is 3.19. The van der Waals surface area contributed by atoms with Crippen LogP contribution in [-0.4, -0.2) is 22.8 Å². The number of rotatable bonds is 3. The highest BCUT2D eigenvalue weighted by atomic mass is 19.1. The zero-order chi connectivity index (χ0) is 13.1. The summed E-state index contributed by atoms with van der Waals surface area (Å²) in [5.74, 6) is -1.85. The molecule has 2 rings (SSSR count). The molecule has 0 saturated heterocycles. The number of nitrogens with two attached hydrogens (primary N) is 1. The van der Waals surface area contributed by atoms with Crippen molar-refractivity contribution < 1.29 is 14.0 Å². The summed E-state index contributed by atoms with van der Waals surface area (Å²) in [6.45, 7) is 0. The van der Waals surface area contributed by atoms with Crippen molar-refractivity contribution in [2.75, 3.05) is 0 Å². The zero-order valence-corrected chi connectivity index (χ0v) is 9.73. The minimum absolute atomic E-state index is 0.192. The van der Waals surface area contributed by atoms with Gasteiger partial charge >= 0.3 is 0 Å². The molecule has 0 aliphatic heterocycles. The predicted octanol–water partition coefficient (Wildman–Crippen LogP) is 0.604. The topological polar surface area (TPSA) is 85.1 Å². The van der Waals surface area contributed by atoms with Crippen LogP contribution in [0.1, 0.15) is 29.6 Å². The van der Waals surface area contributed by atoms with Crippen molar-refractivity contribution in [2.24, 2.45) is 11.7 Å². The number of hydrogen-bond donors (Lipinski definition) is 2. The minimum atomic E-state index is -0.708. The summed E-state index contributed by atoms with van der Waals surface area (Å²) in [6.07, 6.45) is 3.48. The summed E-state index contributed by atoms with van der Waals surface area (Å²) in [5.41, 5.74) is 5.46. The van der Waals surface area contributed by atoms with Gasteiger partial charge in [0.25, 0.3) is 5.91 Å². The SMILES string of the molecule is NC(=O)C1CCCC1NC(=O)c1ccnc(F)c1. The van der Waals surface area contributed by atoms with Gasteiger partial charge in [0.2, 0.25) is 11.9 Å². The number of carbonyl (C=O) groups is 2. The number of primary amides is 1. The van der Waals surface area contributed by atoms with E-state index >= 15 is 0 Å². The standard InChI is InChI=1S/C12H14FN3O2/c13-10-6-7(4-5-15-10)12(18)16-9-3-1-2-8(9)11(14)17/h4-6,8-9H,1-3H2,(H2,14,17)(H,16,18). The molecule has 0 spiro atoms. The Morgan fingerprint density at radius 2 is 2.22 bits per heavy atom. The number of carbonyl (C=O) groups excluding carboxylic acids is 2. The second-order valence-corrected chi connectivity index (χ2v) is 4.39. The van der Waals surface area contributed by atoms with Crippen LogP contribution < -0.4 is 11.1 Å². The fourth-order valence-corrected chi connectivity index (χ4v) is 2.27. The van der Waals surface area contributed by atoms with Crippen LogP contribution in [0, 0.1) is 11.9 Å². The van der Waals surface area contributed by atoms with E-state index < -0.39 is 17.8 Å². The molecule has 2 amide bonds. The Kier molecular flexibility index (Phi) is 3.55. The quantitative estimate of drug-likeness (QED) is 0.771. The number of halogens is 1. The van der Waals surface area contributed by atoms with Crippen LogP contribution in [-0.2, 0) is 4.79 Å². The minimum Gasteiger partial charge on any atom is -0.369 e. The van der Waals surface area contributed by atoms with Gasteiger partial charge in [-0.1, -0.05) is 6.42 Å². The Labute approximate surface area is 104 Å². The monoisotopic (exact) mass is 251 g/mol. The Hall–Kier alpha value is -1.98. The van der Waals surface area contributed by atoms with Crippen LogP contribution in [0.25, 0.3) is 0 Å². The van der Waals surface area contributed by atoms with Crippen molar-refractivity contribution in [2.45, 2.75) is 25.3 Å². The molecule has 0 aromatic carbocycles. The lowest BCUT2D eigenvalue weighted by Crippen LogP contribution is -2.42. The molecule has 1 aromatic heterocycles. The number of hydrogen-bond acceptors (Lipinski definition) is 3. The molecule has 1 saturated carbocycles. The Balaban J connectivity index is 2.05. The zero-order valence-electron chi connectivity index (χ0n) is 9.73. The van der Waals surface area contributed by atoms with E-state index in [2.05, 4.69) is 10.3 Å². The van der Waals surface area contributed by atoms with Gasteiger partial charge < -0.3 is 11.1 Å². The van der Waals surface area contributed by atoms with Gasteiger partial charge in [-0.3, -0.25) is 9.59 Å². The molecular formula is C12H14FN3O2. The Morgan fingerprint density at radius 3 is 2.89 bits per heavy atom. The average Bonchev–Trinajstić information content (AvgIpc) is 2.77. The van der Waals surface area contributed by atoms with Gasteiger partial charge in [0.15, 0.2) is 0 Å². The maximum Gasteiger partial charge on any atom is 0.251 e. The first-order valence-corrected chi connectivity index (χ1v) is 5.79. The normalized spacial score (nSPS) is 22.7. The van der Waals surface area contributed by atoms with E-state index in [9.17, 15) is 14.0 Å². The predicted molar refractivity (Wildman–Crippen MR) is 62.0 cm³/mol. The lowest BCUT2D eigenvalue weighted by Gasteiger charge is -2.18. The first-order chi connectivity index (χ1) is 8.58. The van der Waals surface area contributed by atoms with Crippen LogP contribution in [0.3, 0.4) is 0 Å². The third-order valence-corrected chi connectivity index (χ3v) is 3.19. The first kappa shape index (κ1) is 12.5. The maximum absolute atomic E-state index is 12.9. The second kappa shape index (κ2) is 5.12. The van der Waals surface area contributed by atoms with Crippen LogP contribution in [0.5, 0.6) is 0 Å².